The summed E-state index contributed by atoms with van der Waals surface area (Å²) in [7, 11) is -2.10. The Morgan fingerprint density at radius 2 is 1.68 bits per heavy atom. The minimum atomic E-state index is -2.65. The molecule has 0 saturated carbocycles. The molecule has 4 heterocycles. The number of benzene rings is 2. The Balaban J connectivity index is 1.58. The molecule has 0 spiro atoms. The number of amides is 1. The first-order valence-electron chi connectivity index (χ1n) is 17.1. The van der Waals surface area contributed by atoms with Gasteiger partial charge in [-0.25, -0.2) is 15.0 Å². The van der Waals surface area contributed by atoms with Crippen molar-refractivity contribution in [2.75, 3.05) is 6.98 Å². The number of rotatable bonds is 5. The summed E-state index contributed by atoms with van der Waals surface area (Å²) in [6, 6.07) is 10.5. The van der Waals surface area contributed by atoms with Crippen LogP contribution in [0.15, 0.2) is 48.8 Å². The van der Waals surface area contributed by atoms with Gasteiger partial charge in [0.15, 0.2) is 0 Å². The third-order valence-corrected chi connectivity index (χ3v) is 16.1. The number of hydrogen-bond donors (Lipinski definition) is 1. The molecule has 228 valence electrons. The van der Waals surface area contributed by atoms with Gasteiger partial charge in [0, 0.05) is 52.2 Å². The quantitative estimate of drug-likeness (QED) is 0.189. The van der Waals surface area contributed by atoms with E-state index >= 15 is 0 Å². The molecule has 2 aromatic heterocycles. The summed E-state index contributed by atoms with van der Waals surface area (Å²) < 4.78 is 27.5. The van der Waals surface area contributed by atoms with E-state index in [1.165, 1.54) is 0 Å². The summed E-state index contributed by atoms with van der Waals surface area (Å²) in [6.45, 7) is 14.8. The maximum absolute atomic E-state index is 14.2. The highest BCUT2D eigenvalue weighted by atomic mass is 28.3. The average molecular weight is 608 g/mol. The van der Waals surface area contributed by atoms with Gasteiger partial charge >= 0.3 is 0 Å². The van der Waals surface area contributed by atoms with Gasteiger partial charge in [-0.2, -0.15) is 0 Å². The molecule has 2 atom stereocenters. The van der Waals surface area contributed by atoms with Crippen LogP contribution >= 0.6 is 0 Å². The van der Waals surface area contributed by atoms with Gasteiger partial charge in [-0.1, -0.05) is 59.6 Å². The first kappa shape index (κ1) is 26.6. The van der Waals surface area contributed by atoms with Crippen molar-refractivity contribution in [1.82, 2.24) is 24.4 Å². The number of nitrogens with zero attached hydrogens (tertiary/aromatic N) is 5. The molecule has 2 bridgehead atoms. The fraction of sp³-hybridized carbons (Fsp3) is 0.444. The van der Waals surface area contributed by atoms with Gasteiger partial charge in [0.25, 0.3) is 5.91 Å². The number of aromatic nitrogens is 4. The van der Waals surface area contributed by atoms with Crippen LogP contribution in [-0.4, -0.2) is 45.4 Å². The van der Waals surface area contributed by atoms with Gasteiger partial charge in [0.1, 0.15) is 19.7 Å². The Bertz CT molecular complexity index is 1910. The highest BCUT2D eigenvalue weighted by molar-refractivity contribution is 6.90. The molecule has 7 nitrogen and oxygen atoms in total. The highest BCUT2D eigenvalue weighted by Gasteiger charge is 2.45. The predicted octanol–water partition coefficient (Wildman–Crippen LogP) is 7.38. The van der Waals surface area contributed by atoms with Gasteiger partial charge in [-0.3, -0.25) is 4.79 Å². The van der Waals surface area contributed by atoms with Gasteiger partial charge < -0.3 is 15.2 Å². The Labute approximate surface area is 266 Å². The minimum Gasteiger partial charge on any atom is -0.331 e. The molecule has 0 unspecified atom stereocenters. The van der Waals surface area contributed by atoms with E-state index < -0.39 is 32.5 Å². The molecular formula is C36H44N6OSi. The molecule has 2 aromatic carbocycles. The van der Waals surface area contributed by atoms with Gasteiger partial charge in [0.05, 0.1) is 28.7 Å². The molecule has 2 aliphatic rings. The lowest BCUT2D eigenvalue weighted by Crippen LogP contribution is -2.43. The molecule has 8 heteroatoms. The lowest BCUT2D eigenvalue weighted by molar-refractivity contribution is 0.0734. The largest absolute Gasteiger partial charge is 0.331 e. The third kappa shape index (κ3) is 4.60. The average Bonchev–Trinajstić information content (AvgIpc) is 3.48. The van der Waals surface area contributed by atoms with Crippen molar-refractivity contribution < 1.29 is 8.91 Å². The van der Waals surface area contributed by atoms with E-state index in [0.29, 0.717) is 40.3 Å². The fourth-order valence-electron chi connectivity index (χ4n) is 7.65. The Kier molecular flexibility index (Phi) is 6.45. The Hall–Kier alpha value is -3.80. The maximum atomic E-state index is 14.2. The van der Waals surface area contributed by atoms with Gasteiger partial charge in [0.2, 0.25) is 0 Å². The Morgan fingerprint density at radius 1 is 1.00 bits per heavy atom. The zero-order valence-electron chi connectivity index (χ0n) is 29.9. The van der Waals surface area contributed by atoms with E-state index in [2.05, 4.69) is 73.6 Å². The van der Waals surface area contributed by atoms with E-state index in [1.54, 1.807) is 18.5 Å². The smallest absolute Gasteiger partial charge is 0.254 e. The number of hydrogen-bond acceptors (Lipinski definition) is 5. The molecule has 0 fully saturated rings. The van der Waals surface area contributed by atoms with Crippen LogP contribution in [0.25, 0.3) is 22.2 Å². The van der Waals surface area contributed by atoms with Crippen molar-refractivity contribution in [3.8, 4) is 22.6 Å². The summed E-state index contributed by atoms with van der Waals surface area (Å²) >= 11 is 0. The number of nitrogens with two attached hydrogens (primary N) is 1. The molecule has 2 aliphatic heterocycles. The summed E-state index contributed by atoms with van der Waals surface area (Å²) in [4.78, 5) is 29.2. The topological polar surface area (TPSA) is 89.9 Å². The van der Waals surface area contributed by atoms with Crippen molar-refractivity contribution in [3.63, 3.8) is 0 Å². The fourth-order valence-corrected chi connectivity index (χ4v) is 12.9. The summed E-state index contributed by atoms with van der Waals surface area (Å²) in [5, 5.41) is 0. The van der Waals surface area contributed by atoms with E-state index in [9.17, 15) is 4.79 Å². The van der Waals surface area contributed by atoms with Crippen LogP contribution in [0, 0.1) is 11.5 Å². The van der Waals surface area contributed by atoms with Crippen LogP contribution < -0.4 is 5.73 Å². The molecule has 0 saturated heterocycles. The zero-order valence-corrected chi connectivity index (χ0v) is 27.9. The molecule has 6 rings (SSSR count). The second kappa shape index (κ2) is 10.7. The minimum absolute atomic E-state index is 0.322. The van der Waals surface area contributed by atoms with Crippen molar-refractivity contribution >= 4 is 25.0 Å². The second-order valence-electron chi connectivity index (χ2n) is 13.9. The van der Waals surface area contributed by atoms with Crippen molar-refractivity contribution in [3.05, 3.63) is 77.1 Å². The van der Waals surface area contributed by atoms with Crippen LogP contribution in [0.4, 0.5) is 0 Å². The molecule has 0 aliphatic carbocycles. The zero-order chi connectivity index (χ0) is 34.2. The van der Waals surface area contributed by atoms with E-state index in [-0.39, 0.29) is 6.04 Å². The van der Waals surface area contributed by atoms with Crippen LogP contribution in [0.2, 0.25) is 16.6 Å². The summed E-state index contributed by atoms with van der Waals surface area (Å²) in [5.74, 6) is 4.23. The number of fused-ring (bicyclic) bond motifs is 9. The molecule has 1 amide bonds. The van der Waals surface area contributed by atoms with Crippen LogP contribution in [0.1, 0.15) is 111 Å². The molecular weight excluding hydrogens is 561 g/mol. The lowest BCUT2D eigenvalue weighted by Gasteiger charge is -2.38. The standard InChI is InChI=1S/C36H44N6OSi/c1-21(2)44(22(3)4,23(5)6)16-15-24-11-10-12-27-32(24)30-18-31(41(9)34(27)43)33-40-28-14-13-25(17-29(28)42(30)33)26-19-38-35(39-20-26)36(7,8)37/h10-14,17,19-23,30-31H,18,37H2,1-9H3/t30-,31-/m1/s1/i9D3. The lowest BCUT2D eigenvalue weighted by atomic mass is 9.93. The van der Waals surface area contributed by atoms with E-state index in [1.807, 2.05) is 38.1 Å². The summed E-state index contributed by atoms with van der Waals surface area (Å²) in [5.41, 5.74) is 16.0. The highest BCUT2D eigenvalue weighted by Crippen LogP contribution is 2.49. The van der Waals surface area contributed by atoms with Crippen molar-refractivity contribution in [2.45, 2.75) is 96.1 Å². The van der Waals surface area contributed by atoms with Crippen LogP contribution in [0.3, 0.4) is 0 Å². The first-order chi connectivity index (χ1) is 22.0. The normalized spacial score (nSPS) is 19.4. The number of carbonyl (C=O) groups excluding carboxylic acids is 1. The Morgan fingerprint density at radius 3 is 2.30 bits per heavy atom. The molecule has 2 N–H and O–H groups in total. The monoisotopic (exact) mass is 607 g/mol. The third-order valence-electron chi connectivity index (χ3n) is 9.81. The molecule has 4 aromatic rings. The number of imidazole rings is 1. The first-order valence-corrected chi connectivity index (χ1v) is 17.8. The van der Waals surface area contributed by atoms with Crippen LogP contribution in [-0.2, 0) is 5.54 Å². The van der Waals surface area contributed by atoms with E-state index in [0.717, 1.165) is 38.2 Å². The second-order valence-corrected chi connectivity index (χ2v) is 19.5. The van der Waals surface area contributed by atoms with E-state index in [4.69, 9.17) is 14.8 Å². The maximum Gasteiger partial charge on any atom is 0.254 e. The molecule has 0 radical (unpaired) electrons. The predicted molar refractivity (Wildman–Crippen MR) is 180 cm³/mol. The summed E-state index contributed by atoms with van der Waals surface area (Å²) in [6.07, 6.45) is 3.95. The van der Waals surface area contributed by atoms with Crippen molar-refractivity contribution in [1.29, 1.82) is 0 Å². The SMILES string of the molecule is [2H]C([2H])([2H])N1C(=O)c2cccc(C#C[Si](C(C)C)(C(C)C)C(C)C)c2[C@H]2C[C@@H]1c1nc3ccc(-c4cnc(C(C)(C)N)nc4)cc3n12. The molecule has 44 heavy (non-hydrogen) atoms. The van der Waals surface area contributed by atoms with Gasteiger partial charge in [-0.05, 0) is 60.3 Å². The van der Waals surface area contributed by atoms with Crippen LogP contribution in [0.5, 0.6) is 0 Å². The number of carbonyl (C=O) groups is 1. The van der Waals surface area contributed by atoms with Crippen molar-refractivity contribution in [2.24, 2.45) is 5.73 Å². The van der Waals surface area contributed by atoms with Gasteiger partial charge in [-0.15, -0.1) is 5.54 Å².